The van der Waals surface area contributed by atoms with Crippen molar-refractivity contribution in [2.45, 2.75) is 25.3 Å². The second-order valence-electron chi connectivity index (χ2n) is 4.52. The van der Waals surface area contributed by atoms with Crippen LogP contribution in [0, 0.1) is 5.92 Å². The quantitative estimate of drug-likeness (QED) is 0.811. The average molecular weight is 247 g/mol. The Kier molecular flexibility index (Phi) is 2.58. The van der Waals surface area contributed by atoms with Crippen molar-refractivity contribution < 1.29 is 9.90 Å². The highest BCUT2D eigenvalue weighted by Gasteiger charge is 2.33. The van der Waals surface area contributed by atoms with Gasteiger partial charge in [-0.25, -0.2) is 4.98 Å². The van der Waals surface area contributed by atoms with E-state index in [2.05, 4.69) is 20.5 Å². The smallest absolute Gasteiger partial charge is 0.305 e. The minimum Gasteiger partial charge on any atom is -0.481 e. The van der Waals surface area contributed by atoms with Crippen LogP contribution in [0.3, 0.4) is 0 Å². The van der Waals surface area contributed by atoms with Crippen LogP contribution in [0.15, 0.2) is 18.7 Å². The van der Waals surface area contributed by atoms with Crippen LogP contribution in [0.5, 0.6) is 0 Å². The van der Waals surface area contributed by atoms with E-state index in [1.165, 1.54) is 0 Å². The Morgan fingerprint density at radius 3 is 3.17 bits per heavy atom. The fraction of sp³-hybridized carbons (Fsp3) is 0.455. The van der Waals surface area contributed by atoms with Gasteiger partial charge in [0.2, 0.25) is 5.65 Å². The lowest BCUT2D eigenvalue weighted by atomic mass is 10.1. The third-order valence-corrected chi connectivity index (χ3v) is 3.12. The largest absolute Gasteiger partial charge is 0.481 e. The molecule has 2 N–H and O–H groups in total. The topological polar surface area (TPSA) is 92.4 Å². The number of nitrogens with zero attached hydrogens (tertiary/aromatic N) is 4. The van der Waals surface area contributed by atoms with Crippen molar-refractivity contribution in [2.75, 3.05) is 5.32 Å². The molecule has 3 rings (SSSR count). The van der Waals surface area contributed by atoms with Crippen LogP contribution in [0.1, 0.15) is 19.3 Å². The predicted octanol–water partition coefficient (Wildman–Crippen LogP) is 0.789. The zero-order chi connectivity index (χ0) is 12.5. The van der Waals surface area contributed by atoms with Crippen molar-refractivity contribution in [2.24, 2.45) is 5.92 Å². The van der Waals surface area contributed by atoms with Gasteiger partial charge >= 0.3 is 5.97 Å². The third kappa shape index (κ3) is 2.11. The van der Waals surface area contributed by atoms with Gasteiger partial charge in [0.05, 0.1) is 6.42 Å². The maximum Gasteiger partial charge on any atom is 0.305 e. The number of rotatable bonds is 5. The fourth-order valence-electron chi connectivity index (χ4n) is 2.06. The molecule has 0 saturated heterocycles. The molecule has 1 unspecified atom stereocenters. The van der Waals surface area contributed by atoms with Gasteiger partial charge in [-0.05, 0) is 18.8 Å². The highest BCUT2D eigenvalue weighted by atomic mass is 16.4. The molecule has 1 aliphatic carbocycles. The Labute approximate surface area is 103 Å². The van der Waals surface area contributed by atoms with Gasteiger partial charge in [0.1, 0.15) is 6.33 Å². The Hall–Kier alpha value is -2.18. The predicted molar refractivity (Wildman–Crippen MR) is 63.2 cm³/mol. The van der Waals surface area contributed by atoms with Gasteiger partial charge in [-0.2, -0.15) is 0 Å². The van der Waals surface area contributed by atoms with Crippen LogP contribution in [0.2, 0.25) is 0 Å². The van der Waals surface area contributed by atoms with Crippen LogP contribution in [-0.2, 0) is 4.79 Å². The lowest BCUT2D eigenvalue weighted by Crippen LogP contribution is -2.26. The second-order valence-corrected chi connectivity index (χ2v) is 4.52. The van der Waals surface area contributed by atoms with Crippen molar-refractivity contribution in [1.82, 2.24) is 19.6 Å². The highest BCUT2D eigenvalue weighted by molar-refractivity contribution is 5.69. The lowest BCUT2D eigenvalue weighted by molar-refractivity contribution is -0.137. The summed E-state index contributed by atoms with van der Waals surface area (Å²) in [5, 5.41) is 19.9. The number of carbonyl (C=O) groups is 1. The van der Waals surface area contributed by atoms with Crippen LogP contribution < -0.4 is 5.32 Å². The number of nitrogens with one attached hydrogen (secondary N) is 1. The molecule has 0 aliphatic heterocycles. The first-order valence-corrected chi connectivity index (χ1v) is 5.86. The molecule has 7 nitrogen and oxygen atoms in total. The zero-order valence-corrected chi connectivity index (χ0v) is 9.65. The summed E-state index contributed by atoms with van der Waals surface area (Å²) < 4.78 is 1.75. The van der Waals surface area contributed by atoms with Crippen LogP contribution in [0.25, 0.3) is 5.65 Å². The van der Waals surface area contributed by atoms with Crippen molar-refractivity contribution in [1.29, 1.82) is 0 Å². The summed E-state index contributed by atoms with van der Waals surface area (Å²) in [4.78, 5) is 15.1. The van der Waals surface area contributed by atoms with Crippen LogP contribution in [0.4, 0.5) is 5.82 Å². The maximum absolute atomic E-state index is 10.9. The standard InChI is InChI=1S/C11H13N5O2/c17-9(18)5-8(7-1-2-7)14-10-11-15-13-6-16(11)4-3-12-10/h3-4,6-8H,1-2,5H2,(H,12,14)(H,17,18). The molecule has 0 spiro atoms. The molecule has 1 atom stereocenters. The molecule has 7 heteroatoms. The molecular formula is C11H13N5O2. The van der Waals surface area contributed by atoms with Crippen molar-refractivity contribution in [3.63, 3.8) is 0 Å². The minimum atomic E-state index is -0.798. The average Bonchev–Trinajstić information content (AvgIpc) is 3.06. The summed E-state index contributed by atoms with van der Waals surface area (Å²) in [5.41, 5.74) is 0.619. The van der Waals surface area contributed by atoms with E-state index in [0.29, 0.717) is 17.4 Å². The number of aliphatic carboxylic acids is 1. The highest BCUT2D eigenvalue weighted by Crippen LogP contribution is 2.35. The maximum atomic E-state index is 10.9. The summed E-state index contributed by atoms with van der Waals surface area (Å²) in [7, 11) is 0. The molecule has 2 aromatic rings. The Bertz CT molecular complexity index is 578. The van der Waals surface area contributed by atoms with Crippen LogP contribution in [-0.4, -0.2) is 36.7 Å². The molecule has 1 saturated carbocycles. The summed E-state index contributed by atoms with van der Waals surface area (Å²) >= 11 is 0. The monoisotopic (exact) mass is 247 g/mol. The fourth-order valence-corrected chi connectivity index (χ4v) is 2.06. The number of fused-ring (bicyclic) bond motifs is 1. The Morgan fingerprint density at radius 2 is 2.44 bits per heavy atom. The molecule has 0 amide bonds. The van der Waals surface area contributed by atoms with Gasteiger partial charge in [-0.1, -0.05) is 0 Å². The zero-order valence-electron chi connectivity index (χ0n) is 9.65. The van der Waals surface area contributed by atoms with Gasteiger partial charge in [0.25, 0.3) is 0 Å². The van der Waals surface area contributed by atoms with Gasteiger partial charge in [0, 0.05) is 18.4 Å². The summed E-state index contributed by atoms with van der Waals surface area (Å²) in [6.07, 6.45) is 7.22. The molecule has 0 bridgehead atoms. The molecule has 1 fully saturated rings. The molecule has 0 aromatic carbocycles. The number of carboxylic acids is 1. The van der Waals surface area contributed by atoms with Gasteiger partial charge in [-0.15, -0.1) is 10.2 Å². The van der Waals surface area contributed by atoms with Gasteiger partial charge in [0.15, 0.2) is 5.82 Å². The number of aromatic nitrogens is 4. The Morgan fingerprint density at radius 1 is 1.61 bits per heavy atom. The third-order valence-electron chi connectivity index (χ3n) is 3.12. The minimum absolute atomic E-state index is 0.0853. The molecule has 2 aromatic heterocycles. The molecule has 2 heterocycles. The normalized spacial score (nSPS) is 16.7. The van der Waals surface area contributed by atoms with E-state index >= 15 is 0 Å². The number of anilines is 1. The van der Waals surface area contributed by atoms with E-state index in [1.54, 1.807) is 23.1 Å². The van der Waals surface area contributed by atoms with E-state index in [0.717, 1.165) is 12.8 Å². The SMILES string of the molecule is O=C(O)CC(Nc1nccn2cnnc12)C1CC1. The van der Waals surface area contributed by atoms with E-state index in [-0.39, 0.29) is 12.5 Å². The first-order chi connectivity index (χ1) is 8.74. The molecule has 0 radical (unpaired) electrons. The van der Waals surface area contributed by atoms with Crippen molar-refractivity contribution >= 4 is 17.4 Å². The Balaban J connectivity index is 1.85. The van der Waals surface area contributed by atoms with E-state index in [9.17, 15) is 4.79 Å². The first-order valence-electron chi connectivity index (χ1n) is 5.86. The molecular weight excluding hydrogens is 234 g/mol. The molecule has 94 valence electrons. The van der Waals surface area contributed by atoms with Gasteiger partial charge in [-0.3, -0.25) is 9.20 Å². The second kappa shape index (κ2) is 4.25. The van der Waals surface area contributed by atoms with Gasteiger partial charge < -0.3 is 10.4 Å². The molecule has 1 aliphatic rings. The number of hydrogen-bond donors (Lipinski definition) is 2. The number of hydrogen-bond acceptors (Lipinski definition) is 5. The lowest BCUT2D eigenvalue weighted by Gasteiger charge is -2.16. The summed E-state index contributed by atoms with van der Waals surface area (Å²) in [6.45, 7) is 0. The molecule has 18 heavy (non-hydrogen) atoms. The van der Waals surface area contributed by atoms with Crippen molar-refractivity contribution in [3.8, 4) is 0 Å². The first kappa shape index (κ1) is 10.9. The van der Waals surface area contributed by atoms with E-state index in [4.69, 9.17) is 5.11 Å². The van der Waals surface area contributed by atoms with Crippen LogP contribution >= 0.6 is 0 Å². The number of carboxylic acid groups (broad SMARTS) is 1. The summed E-state index contributed by atoms with van der Waals surface area (Å²) in [5.74, 6) is 0.215. The van der Waals surface area contributed by atoms with E-state index in [1.807, 2.05) is 0 Å². The van der Waals surface area contributed by atoms with Crippen molar-refractivity contribution in [3.05, 3.63) is 18.7 Å². The summed E-state index contributed by atoms with van der Waals surface area (Å²) in [6, 6.07) is -0.0853. The van der Waals surface area contributed by atoms with E-state index < -0.39 is 5.97 Å².